The lowest BCUT2D eigenvalue weighted by Crippen LogP contribution is -2.56. The van der Waals surface area contributed by atoms with Crippen LogP contribution in [0.3, 0.4) is 0 Å². The van der Waals surface area contributed by atoms with E-state index < -0.39 is 5.97 Å². The summed E-state index contributed by atoms with van der Waals surface area (Å²) in [4.78, 5) is 11.2. The Balaban J connectivity index is 1.88. The van der Waals surface area contributed by atoms with Crippen LogP contribution in [0.2, 0.25) is 5.02 Å². The van der Waals surface area contributed by atoms with E-state index in [2.05, 4.69) is 15.9 Å². The number of alkyl halides is 1. The van der Waals surface area contributed by atoms with Crippen molar-refractivity contribution in [3.8, 4) is 0 Å². The van der Waals surface area contributed by atoms with E-state index in [1.54, 1.807) is 0 Å². The van der Waals surface area contributed by atoms with Crippen LogP contribution in [0.25, 0.3) is 0 Å². The number of hydrogen-bond acceptors (Lipinski definition) is 2. The molecule has 2 bridgehead atoms. The van der Waals surface area contributed by atoms with E-state index in [1.165, 1.54) is 0 Å². The summed E-state index contributed by atoms with van der Waals surface area (Å²) in [7, 11) is 0. The second-order valence-corrected chi connectivity index (χ2v) is 7.47. The molecular weight excluding hydrogens is 344 g/mol. The smallest absolute Gasteiger partial charge is 0.303 e. The molecule has 20 heavy (non-hydrogen) atoms. The highest BCUT2D eigenvalue weighted by Crippen LogP contribution is 2.57. The van der Waals surface area contributed by atoms with Crippen molar-refractivity contribution in [1.29, 1.82) is 0 Å². The Bertz CT molecular complexity index is 520. The van der Waals surface area contributed by atoms with Gasteiger partial charge in [0.2, 0.25) is 0 Å². The van der Waals surface area contributed by atoms with Gasteiger partial charge in [-0.05, 0) is 37.0 Å². The van der Waals surface area contributed by atoms with Crippen LogP contribution in [0.15, 0.2) is 24.3 Å². The van der Waals surface area contributed by atoms with Crippen molar-refractivity contribution in [3.05, 3.63) is 34.9 Å². The molecule has 1 N–H and O–H groups in total. The van der Waals surface area contributed by atoms with Crippen molar-refractivity contribution in [2.24, 2.45) is 5.41 Å². The molecule has 2 heterocycles. The molecule has 0 spiro atoms. The quantitative estimate of drug-likeness (QED) is 0.831. The molecule has 1 aliphatic carbocycles. The number of halogens is 2. The monoisotopic (exact) mass is 358 g/mol. The van der Waals surface area contributed by atoms with Gasteiger partial charge < -0.3 is 9.84 Å². The molecule has 1 aromatic rings. The van der Waals surface area contributed by atoms with Crippen molar-refractivity contribution in [2.45, 2.75) is 36.1 Å². The number of fused-ring (bicyclic) bond motifs is 3. The van der Waals surface area contributed by atoms with E-state index in [4.69, 9.17) is 21.4 Å². The van der Waals surface area contributed by atoms with Gasteiger partial charge in [0, 0.05) is 15.3 Å². The van der Waals surface area contributed by atoms with Crippen molar-refractivity contribution < 1.29 is 14.6 Å². The van der Waals surface area contributed by atoms with Gasteiger partial charge in [0.1, 0.15) is 5.60 Å². The largest absolute Gasteiger partial charge is 0.481 e. The Morgan fingerprint density at radius 1 is 1.40 bits per heavy atom. The standard InChI is InChI=1S/C15H16BrClO3/c16-12-7-14(8-13(18)19)5-6-15(12,20-9-14)10-1-3-11(17)4-2-10/h1-4,12H,5-9H2,(H,18,19). The zero-order valence-corrected chi connectivity index (χ0v) is 13.3. The van der Waals surface area contributed by atoms with Crippen LogP contribution in [-0.2, 0) is 15.1 Å². The molecule has 3 atom stereocenters. The SMILES string of the molecule is O=C(O)CC12CCC(c3ccc(Cl)cc3)(OC1)C(Br)C2. The zero-order valence-electron chi connectivity index (χ0n) is 10.9. The van der Waals surface area contributed by atoms with E-state index in [-0.39, 0.29) is 22.3 Å². The normalized spacial score (nSPS) is 36.0. The van der Waals surface area contributed by atoms with Crippen molar-refractivity contribution in [3.63, 3.8) is 0 Å². The number of aliphatic carboxylic acids is 1. The molecule has 0 aromatic heterocycles. The Morgan fingerprint density at radius 3 is 2.60 bits per heavy atom. The molecule has 3 fully saturated rings. The molecule has 0 amide bonds. The molecular formula is C15H16BrClO3. The van der Waals surface area contributed by atoms with Gasteiger partial charge in [0.05, 0.1) is 13.0 Å². The van der Waals surface area contributed by atoms with Gasteiger partial charge in [0.15, 0.2) is 0 Å². The first-order chi connectivity index (χ1) is 9.46. The second kappa shape index (κ2) is 5.00. The average Bonchev–Trinajstić information content (AvgIpc) is 2.39. The van der Waals surface area contributed by atoms with E-state index >= 15 is 0 Å². The summed E-state index contributed by atoms with van der Waals surface area (Å²) in [5.74, 6) is -0.741. The summed E-state index contributed by atoms with van der Waals surface area (Å²) in [6.07, 6.45) is 2.76. The van der Waals surface area contributed by atoms with Crippen LogP contribution in [-0.4, -0.2) is 22.5 Å². The van der Waals surface area contributed by atoms with Gasteiger partial charge in [-0.3, -0.25) is 4.79 Å². The maximum absolute atomic E-state index is 11.1. The predicted molar refractivity (Wildman–Crippen MR) is 80.3 cm³/mol. The molecule has 3 unspecified atom stereocenters. The molecule has 3 aliphatic rings. The minimum Gasteiger partial charge on any atom is -0.481 e. The lowest BCUT2D eigenvalue weighted by molar-refractivity contribution is -0.190. The van der Waals surface area contributed by atoms with Crippen LogP contribution in [0.5, 0.6) is 0 Å². The Labute approximate surface area is 131 Å². The van der Waals surface area contributed by atoms with Gasteiger partial charge in [0.25, 0.3) is 0 Å². The van der Waals surface area contributed by atoms with Crippen molar-refractivity contribution in [2.75, 3.05) is 6.61 Å². The Hall–Kier alpha value is -0.580. The fourth-order valence-electron chi connectivity index (χ4n) is 3.50. The number of hydrogen-bond donors (Lipinski definition) is 1. The molecule has 108 valence electrons. The first kappa shape index (κ1) is 14.4. The summed E-state index contributed by atoms with van der Waals surface area (Å²) in [5, 5.41) is 9.80. The van der Waals surface area contributed by atoms with Crippen LogP contribution in [0, 0.1) is 5.41 Å². The topological polar surface area (TPSA) is 46.5 Å². The lowest BCUT2D eigenvalue weighted by atomic mass is 9.63. The molecule has 3 nitrogen and oxygen atoms in total. The van der Waals surface area contributed by atoms with E-state index in [9.17, 15) is 4.79 Å². The van der Waals surface area contributed by atoms with Crippen LogP contribution in [0.1, 0.15) is 31.2 Å². The van der Waals surface area contributed by atoms with E-state index in [0.29, 0.717) is 11.6 Å². The maximum Gasteiger partial charge on any atom is 0.303 e. The van der Waals surface area contributed by atoms with E-state index in [0.717, 1.165) is 24.8 Å². The lowest BCUT2D eigenvalue weighted by Gasteiger charge is -2.55. The average molecular weight is 360 g/mol. The number of carboxylic acids is 1. The van der Waals surface area contributed by atoms with Gasteiger partial charge in [-0.2, -0.15) is 0 Å². The summed E-state index contributed by atoms with van der Waals surface area (Å²) in [5.41, 5.74) is 0.561. The molecule has 2 aliphatic heterocycles. The number of carboxylic acid groups (broad SMARTS) is 1. The molecule has 1 aromatic carbocycles. The van der Waals surface area contributed by atoms with Gasteiger partial charge in [-0.25, -0.2) is 0 Å². The number of benzene rings is 1. The molecule has 4 rings (SSSR count). The third-order valence-electron chi connectivity index (χ3n) is 4.64. The molecule has 5 heteroatoms. The predicted octanol–water partition coefficient (Wildman–Crippen LogP) is 3.97. The number of carbonyl (C=O) groups is 1. The number of ether oxygens (including phenoxy) is 1. The molecule has 1 saturated carbocycles. The first-order valence-electron chi connectivity index (χ1n) is 6.72. The zero-order chi connectivity index (χ0) is 14.4. The van der Waals surface area contributed by atoms with E-state index in [1.807, 2.05) is 24.3 Å². The summed E-state index contributed by atoms with van der Waals surface area (Å²) < 4.78 is 6.15. The van der Waals surface area contributed by atoms with Crippen LogP contribution in [0.4, 0.5) is 0 Å². The maximum atomic E-state index is 11.1. The first-order valence-corrected chi connectivity index (χ1v) is 8.01. The van der Waals surface area contributed by atoms with Gasteiger partial charge in [-0.1, -0.05) is 39.7 Å². The minimum absolute atomic E-state index is 0.137. The Kier molecular flexibility index (Phi) is 3.59. The highest BCUT2D eigenvalue weighted by atomic mass is 79.9. The summed E-state index contributed by atoms with van der Waals surface area (Å²) >= 11 is 9.68. The summed E-state index contributed by atoms with van der Waals surface area (Å²) in [6, 6.07) is 7.77. The van der Waals surface area contributed by atoms with Crippen molar-refractivity contribution in [1.82, 2.24) is 0 Å². The minimum atomic E-state index is -0.741. The van der Waals surface area contributed by atoms with Gasteiger partial charge >= 0.3 is 5.97 Å². The highest BCUT2D eigenvalue weighted by Gasteiger charge is 2.56. The Morgan fingerprint density at radius 2 is 2.10 bits per heavy atom. The van der Waals surface area contributed by atoms with Crippen molar-refractivity contribution >= 4 is 33.5 Å². The summed E-state index contributed by atoms with van der Waals surface area (Å²) in [6.45, 7) is 0.518. The fraction of sp³-hybridized carbons (Fsp3) is 0.533. The van der Waals surface area contributed by atoms with Gasteiger partial charge in [-0.15, -0.1) is 0 Å². The van der Waals surface area contributed by atoms with Crippen LogP contribution < -0.4 is 0 Å². The van der Waals surface area contributed by atoms with Crippen LogP contribution >= 0.6 is 27.5 Å². The number of rotatable bonds is 3. The molecule has 0 radical (unpaired) electrons. The third kappa shape index (κ3) is 2.28. The second-order valence-electron chi connectivity index (χ2n) is 5.93. The molecule has 2 saturated heterocycles. The third-order valence-corrected chi connectivity index (χ3v) is 5.96. The highest BCUT2D eigenvalue weighted by molar-refractivity contribution is 9.09. The fourth-order valence-corrected chi connectivity index (χ4v) is 4.94.